The molecule has 0 amide bonds. The fourth-order valence-electron chi connectivity index (χ4n) is 4.98. The SMILES string of the molecule is Cc1nc(N[C@@H](C)c2ccc(OC(F)(F)F)c(F)c2)nc(N[C@@H]2C[C@H](CO)[C@@H](O)[C@H]2O)c1-c1nc2c(C)nccc2s1. The van der Waals surface area contributed by atoms with Crippen molar-refractivity contribution in [3.8, 4) is 16.3 Å². The summed E-state index contributed by atoms with van der Waals surface area (Å²) >= 11 is 1.40. The lowest BCUT2D eigenvalue weighted by Crippen LogP contribution is -2.35. The van der Waals surface area contributed by atoms with Gasteiger partial charge in [0.15, 0.2) is 11.6 Å². The summed E-state index contributed by atoms with van der Waals surface area (Å²) in [4.78, 5) is 18.2. The lowest BCUT2D eigenvalue weighted by atomic mass is 10.1. The summed E-state index contributed by atoms with van der Waals surface area (Å²) in [6, 6.07) is 3.69. The standard InChI is InChI=1S/C27H28F4N6O4S/c1-11(14-4-5-18(16(28)8-14)41-27(29,30)31)33-26-34-12(2)20(25-36-21-13(3)32-7-6-19(21)42-25)24(37-26)35-17-9-15(10-38)22(39)23(17)40/h4-8,11,15,17,22-23,38-40H,9-10H2,1-3H3,(H2,33,34,35,37)/t11-,15+,17+,22+,23-/m0/s1. The van der Waals surface area contributed by atoms with Gasteiger partial charge in [-0.05, 0) is 51.0 Å². The molecule has 0 unspecified atom stereocenters. The highest BCUT2D eigenvalue weighted by Gasteiger charge is 2.41. The Hall–Kier alpha value is -3.66. The van der Waals surface area contributed by atoms with Gasteiger partial charge in [-0.25, -0.2) is 14.4 Å². The Bertz CT molecular complexity index is 1600. The Morgan fingerprint density at radius 3 is 2.50 bits per heavy atom. The molecule has 1 fully saturated rings. The number of rotatable bonds is 8. The van der Waals surface area contributed by atoms with E-state index in [4.69, 9.17) is 4.98 Å². The van der Waals surface area contributed by atoms with E-state index in [1.807, 2.05) is 13.0 Å². The van der Waals surface area contributed by atoms with Crippen molar-refractivity contribution in [1.82, 2.24) is 19.9 Å². The van der Waals surface area contributed by atoms with E-state index in [2.05, 4.69) is 30.3 Å². The van der Waals surface area contributed by atoms with Gasteiger partial charge in [-0.15, -0.1) is 24.5 Å². The third kappa shape index (κ3) is 6.09. The molecule has 1 aromatic carbocycles. The van der Waals surface area contributed by atoms with Crippen molar-refractivity contribution in [2.45, 2.75) is 57.8 Å². The second-order valence-corrected chi connectivity index (χ2v) is 11.2. The number of aromatic nitrogens is 4. The molecule has 224 valence electrons. The Labute approximate surface area is 241 Å². The number of aryl methyl sites for hydroxylation is 2. The van der Waals surface area contributed by atoms with Crippen molar-refractivity contribution in [2.24, 2.45) is 5.92 Å². The number of anilines is 2. The number of hydrogen-bond acceptors (Lipinski definition) is 11. The van der Waals surface area contributed by atoms with Gasteiger partial charge in [0, 0.05) is 18.7 Å². The summed E-state index contributed by atoms with van der Waals surface area (Å²) in [5.41, 5.74) is 2.85. The quantitative estimate of drug-likeness (QED) is 0.181. The van der Waals surface area contributed by atoms with E-state index in [0.29, 0.717) is 27.6 Å². The smallest absolute Gasteiger partial charge is 0.403 e. The Kier molecular flexibility index (Phi) is 8.20. The molecule has 1 aliphatic rings. The number of pyridine rings is 1. The van der Waals surface area contributed by atoms with Crippen LogP contribution < -0.4 is 15.4 Å². The molecule has 3 heterocycles. The molecular weight excluding hydrogens is 580 g/mol. The first-order chi connectivity index (χ1) is 19.8. The highest BCUT2D eigenvalue weighted by atomic mass is 32.1. The number of aliphatic hydroxyl groups is 3. The van der Waals surface area contributed by atoms with Crippen LogP contribution in [0.1, 0.15) is 36.3 Å². The van der Waals surface area contributed by atoms with Crippen LogP contribution in [0.25, 0.3) is 20.8 Å². The molecule has 4 aromatic rings. The van der Waals surface area contributed by atoms with Crippen LogP contribution in [-0.2, 0) is 0 Å². The number of nitrogens with one attached hydrogen (secondary N) is 2. The van der Waals surface area contributed by atoms with Crippen LogP contribution in [0.2, 0.25) is 0 Å². The maximum Gasteiger partial charge on any atom is 0.573 e. The van der Waals surface area contributed by atoms with E-state index < -0.39 is 48.1 Å². The minimum absolute atomic E-state index is 0.118. The predicted molar refractivity (Wildman–Crippen MR) is 148 cm³/mol. The summed E-state index contributed by atoms with van der Waals surface area (Å²) < 4.78 is 56.6. The minimum Gasteiger partial charge on any atom is -0.403 e. The first-order valence-electron chi connectivity index (χ1n) is 13.0. The highest BCUT2D eigenvalue weighted by Crippen LogP contribution is 2.39. The number of ether oxygens (including phenoxy) is 1. The number of alkyl halides is 3. The van der Waals surface area contributed by atoms with E-state index in [1.54, 1.807) is 20.0 Å². The third-order valence-corrected chi connectivity index (χ3v) is 8.22. The number of nitrogens with zero attached hydrogens (tertiary/aromatic N) is 4. The minimum atomic E-state index is -5.03. The molecule has 0 spiro atoms. The van der Waals surface area contributed by atoms with Crippen LogP contribution in [-0.4, -0.2) is 66.5 Å². The maximum absolute atomic E-state index is 14.4. The normalized spacial score (nSPS) is 21.5. The Balaban J connectivity index is 1.50. The zero-order chi connectivity index (χ0) is 30.3. The zero-order valence-corrected chi connectivity index (χ0v) is 23.5. The summed E-state index contributed by atoms with van der Waals surface area (Å²) in [6.07, 6.45) is -5.38. The predicted octanol–water partition coefficient (Wildman–Crippen LogP) is 4.49. The molecule has 0 aliphatic heterocycles. The van der Waals surface area contributed by atoms with Crippen molar-refractivity contribution in [2.75, 3.05) is 17.2 Å². The van der Waals surface area contributed by atoms with Gasteiger partial charge in [0.2, 0.25) is 5.95 Å². The molecule has 10 nitrogen and oxygen atoms in total. The molecule has 42 heavy (non-hydrogen) atoms. The van der Waals surface area contributed by atoms with Crippen molar-refractivity contribution in [3.63, 3.8) is 0 Å². The van der Waals surface area contributed by atoms with Gasteiger partial charge in [0.25, 0.3) is 0 Å². The molecule has 5 N–H and O–H groups in total. The highest BCUT2D eigenvalue weighted by molar-refractivity contribution is 7.21. The van der Waals surface area contributed by atoms with Gasteiger partial charge >= 0.3 is 6.36 Å². The summed E-state index contributed by atoms with van der Waals surface area (Å²) in [5, 5.41) is 37.5. The van der Waals surface area contributed by atoms with E-state index in [-0.39, 0.29) is 19.0 Å². The average molecular weight is 609 g/mol. The first kappa shape index (κ1) is 29.8. The summed E-state index contributed by atoms with van der Waals surface area (Å²) in [5.74, 6) is -2.23. The molecule has 0 bridgehead atoms. The first-order valence-corrected chi connectivity index (χ1v) is 13.8. The topological polar surface area (TPSA) is 146 Å². The summed E-state index contributed by atoms with van der Waals surface area (Å²) in [7, 11) is 0. The number of thiazole rings is 1. The molecule has 15 heteroatoms. The van der Waals surface area contributed by atoms with Crippen molar-refractivity contribution >= 4 is 33.3 Å². The van der Waals surface area contributed by atoms with Gasteiger partial charge in [-0.2, -0.15) is 4.98 Å². The van der Waals surface area contributed by atoms with Crippen LogP contribution >= 0.6 is 11.3 Å². The number of fused-ring (bicyclic) bond motifs is 1. The van der Waals surface area contributed by atoms with E-state index in [1.165, 1.54) is 17.4 Å². The largest absolute Gasteiger partial charge is 0.573 e. The van der Waals surface area contributed by atoms with E-state index in [9.17, 15) is 32.9 Å². The monoisotopic (exact) mass is 608 g/mol. The van der Waals surface area contributed by atoms with Crippen molar-refractivity contribution in [3.05, 3.63) is 53.2 Å². The van der Waals surface area contributed by atoms with Gasteiger partial charge in [0.05, 0.1) is 39.8 Å². The Morgan fingerprint density at radius 1 is 1.10 bits per heavy atom. The fourth-order valence-corrected chi connectivity index (χ4v) is 6.09. The molecule has 0 radical (unpaired) electrons. The lowest BCUT2D eigenvalue weighted by molar-refractivity contribution is -0.275. The van der Waals surface area contributed by atoms with Crippen molar-refractivity contribution in [1.29, 1.82) is 0 Å². The summed E-state index contributed by atoms with van der Waals surface area (Å²) in [6.45, 7) is 4.95. The van der Waals surface area contributed by atoms with Gasteiger partial charge in [-0.1, -0.05) is 6.07 Å². The Morgan fingerprint density at radius 2 is 1.86 bits per heavy atom. The van der Waals surface area contributed by atoms with Crippen LogP contribution in [0.5, 0.6) is 5.75 Å². The van der Waals surface area contributed by atoms with Crippen LogP contribution in [0.15, 0.2) is 30.5 Å². The van der Waals surface area contributed by atoms with Crippen LogP contribution in [0.4, 0.5) is 29.3 Å². The zero-order valence-electron chi connectivity index (χ0n) is 22.6. The van der Waals surface area contributed by atoms with Gasteiger partial charge in [0.1, 0.15) is 22.4 Å². The van der Waals surface area contributed by atoms with E-state index >= 15 is 0 Å². The van der Waals surface area contributed by atoms with Crippen molar-refractivity contribution < 1.29 is 37.6 Å². The number of benzene rings is 1. The number of hydrogen-bond donors (Lipinski definition) is 5. The third-order valence-electron chi connectivity index (χ3n) is 7.18. The molecule has 5 atom stereocenters. The maximum atomic E-state index is 14.4. The average Bonchev–Trinajstić information content (AvgIpc) is 3.46. The lowest BCUT2D eigenvalue weighted by Gasteiger charge is -2.22. The molecule has 3 aromatic heterocycles. The molecule has 5 rings (SSSR count). The number of aliphatic hydroxyl groups excluding tert-OH is 3. The van der Waals surface area contributed by atoms with Gasteiger partial charge in [-0.3, -0.25) is 4.98 Å². The van der Waals surface area contributed by atoms with Gasteiger partial charge < -0.3 is 30.7 Å². The van der Waals surface area contributed by atoms with Crippen LogP contribution in [0.3, 0.4) is 0 Å². The molecule has 0 saturated heterocycles. The molecule has 1 aliphatic carbocycles. The fraction of sp³-hybridized carbons (Fsp3) is 0.407. The molecular formula is C27H28F4N6O4S. The number of halogens is 4. The van der Waals surface area contributed by atoms with E-state index in [0.717, 1.165) is 28.0 Å². The second kappa shape index (κ2) is 11.6. The van der Waals surface area contributed by atoms with Crippen LogP contribution in [0, 0.1) is 25.6 Å². The molecule has 1 saturated carbocycles. The second-order valence-electron chi connectivity index (χ2n) is 10.1.